The fraction of sp³-hybridized carbons (Fsp3) is 0.867. The molecule has 0 aromatic heterocycles. The van der Waals surface area contributed by atoms with Gasteiger partial charge in [0.15, 0.2) is 0 Å². The largest absolute Gasteiger partial charge is 0.462 e. The second kappa shape index (κ2) is 22.3. The van der Waals surface area contributed by atoms with Gasteiger partial charge in [-0.3, -0.25) is 9.69 Å². The van der Waals surface area contributed by atoms with E-state index in [2.05, 4.69) is 30.6 Å². The summed E-state index contributed by atoms with van der Waals surface area (Å²) in [6.45, 7) is 8.70. The molecular formula is C30H53NO7. The van der Waals surface area contributed by atoms with Crippen LogP contribution in [0.1, 0.15) is 104 Å². The van der Waals surface area contributed by atoms with E-state index in [1.165, 1.54) is 6.92 Å². The zero-order valence-corrected chi connectivity index (χ0v) is 24.1. The number of carbonyl (C=O) groups is 2. The maximum Gasteiger partial charge on any atom is 0.309 e. The van der Waals surface area contributed by atoms with Crippen LogP contribution in [0.2, 0.25) is 0 Å². The molecule has 0 spiro atoms. The summed E-state index contributed by atoms with van der Waals surface area (Å²) in [5.41, 5.74) is 0. The Labute approximate surface area is 230 Å². The van der Waals surface area contributed by atoms with E-state index in [1.807, 2.05) is 0 Å². The summed E-state index contributed by atoms with van der Waals surface area (Å²) in [6.07, 6.45) is 10.8. The van der Waals surface area contributed by atoms with Crippen molar-refractivity contribution in [3.63, 3.8) is 0 Å². The van der Waals surface area contributed by atoms with Crippen molar-refractivity contribution in [1.29, 1.82) is 0 Å². The number of hydrogen-bond donors (Lipinski definition) is 2. The summed E-state index contributed by atoms with van der Waals surface area (Å²) in [5.74, 6) is 5.43. The summed E-state index contributed by atoms with van der Waals surface area (Å²) in [4.78, 5) is 25.1. The molecule has 0 radical (unpaired) electrons. The van der Waals surface area contributed by atoms with Crippen molar-refractivity contribution in [3.8, 4) is 11.8 Å². The van der Waals surface area contributed by atoms with Gasteiger partial charge in [0.05, 0.1) is 32.3 Å². The second-order valence-electron chi connectivity index (χ2n) is 10.4. The number of rotatable bonds is 23. The van der Waals surface area contributed by atoms with Gasteiger partial charge in [-0.2, -0.15) is 0 Å². The highest BCUT2D eigenvalue weighted by Crippen LogP contribution is 2.27. The zero-order valence-electron chi connectivity index (χ0n) is 24.1. The maximum absolute atomic E-state index is 11.8. The molecule has 8 nitrogen and oxygen atoms in total. The average Bonchev–Trinajstić information content (AvgIpc) is 3.22. The Hall–Kier alpha value is -1.50. The van der Waals surface area contributed by atoms with Crippen molar-refractivity contribution in [1.82, 2.24) is 4.90 Å². The van der Waals surface area contributed by atoms with Gasteiger partial charge in [-0.05, 0) is 45.4 Å². The summed E-state index contributed by atoms with van der Waals surface area (Å²) in [6, 6.07) is 0. The smallest absolute Gasteiger partial charge is 0.309 e. The topological polar surface area (TPSA) is 106 Å². The highest BCUT2D eigenvalue weighted by Gasteiger charge is 2.34. The lowest BCUT2D eigenvalue weighted by Crippen LogP contribution is -2.40. The van der Waals surface area contributed by atoms with Crippen LogP contribution in [0, 0.1) is 17.8 Å². The molecule has 1 rings (SSSR count). The van der Waals surface area contributed by atoms with E-state index in [0.717, 1.165) is 83.7 Å². The number of aliphatic hydroxyl groups excluding tert-OH is 2. The first-order valence-corrected chi connectivity index (χ1v) is 14.8. The van der Waals surface area contributed by atoms with Crippen molar-refractivity contribution in [2.45, 2.75) is 123 Å². The monoisotopic (exact) mass is 539 g/mol. The number of ether oxygens (including phenoxy) is 3. The van der Waals surface area contributed by atoms with E-state index >= 15 is 0 Å². The van der Waals surface area contributed by atoms with Crippen molar-refractivity contribution < 1.29 is 34.0 Å². The van der Waals surface area contributed by atoms with Gasteiger partial charge in [0, 0.05) is 25.9 Å². The molecule has 0 aromatic carbocycles. The Morgan fingerprint density at radius 3 is 2.29 bits per heavy atom. The van der Waals surface area contributed by atoms with Crippen LogP contribution in [-0.2, 0) is 23.8 Å². The molecule has 1 unspecified atom stereocenters. The molecule has 0 saturated carbocycles. The predicted molar refractivity (Wildman–Crippen MR) is 148 cm³/mol. The molecule has 8 heteroatoms. The number of hydrogen-bond acceptors (Lipinski definition) is 8. The van der Waals surface area contributed by atoms with Gasteiger partial charge in [0.25, 0.3) is 0 Å². The summed E-state index contributed by atoms with van der Waals surface area (Å²) < 4.78 is 16.4. The van der Waals surface area contributed by atoms with Gasteiger partial charge in [-0.25, -0.2) is 0 Å². The van der Waals surface area contributed by atoms with E-state index in [4.69, 9.17) is 14.2 Å². The minimum absolute atomic E-state index is 0.0314. The van der Waals surface area contributed by atoms with Crippen LogP contribution in [0.4, 0.5) is 0 Å². The number of nitrogens with zero attached hydrogens (tertiary/aromatic N) is 1. The van der Waals surface area contributed by atoms with E-state index in [-0.39, 0.29) is 37.0 Å². The molecule has 4 atom stereocenters. The van der Waals surface area contributed by atoms with E-state index < -0.39 is 12.3 Å². The molecule has 0 amide bonds. The summed E-state index contributed by atoms with van der Waals surface area (Å²) in [5, 5.41) is 20.3. The lowest BCUT2D eigenvalue weighted by atomic mass is 9.97. The highest BCUT2D eigenvalue weighted by molar-refractivity contribution is 5.83. The number of ketones is 1. The lowest BCUT2D eigenvalue weighted by molar-refractivity contribution is -0.145. The zero-order chi connectivity index (χ0) is 28.0. The standard InChI is InChI=1S/C30H53NO7/c1-4-6-17-31(18-7-5-2)29(34)24-37-20-19-36-23-27(33)15-13-11-9-8-10-12-14-16-28-22-26(21-25(3)32)30(35)38-28/h26-29,33-34H,4-12,14,16-24H2,1-3H3/t26?,27-,28-,29-/m1/s1. The third-order valence-electron chi connectivity index (χ3n) is 6.73. The second-order valence-corrected chi connectivity index (χ2v) is 10.4. The molecule has 0 aromatic rings. The molecule has 0 bridgehead atoms. The Kier molecular flexibility index (Phi) is 20.3. The minimum atomic E-state index is -0.805. The van der Waals surface area contributed by atoms with Crippen molar-refractivity contribution >= 4 is 11.8 Å². The van der Waals surface area contributed by atoms with Gasteiger partial charge >= 0.3 is 5.97 Å². The number of cyclic esters (lactones) is 1. The van der Waals surface area contributed by atoms with Crippen LogP contribution >= 0.6 is 0 Å². The van der Waals surface area contributed by atoms with E-state index in [1.54, 1.807) is 0 Å². The van der Waals surface area contributed by atoms with Gasteiger partial charge in [-0.1, -0.05) is 51.9 Å². The number of unbranched alkanes of at least 4 members (excludes halogenated alkanes) is 7. The van der Waals surface area contributed by atoms with Crippen LogP contribution < -0.4 is 0 Å². The summed E-state index contributed by atoms with van der Waals surface area (Å²) in [7, 11) is 0. The Balaban J connectivity index is 1.99. The lowest BCUT2D eigenvalue weighted by Gasteiger charge is -2.27. The van der Waals surface area contributed by atoms with E-state index in [0.29, 0.717) is 26.1 Å². The fourth-order valence-corrected chi connectivity index (χ4v) is 4.50. The first kappa shape index (κ1) is 34.5. The van der Waals surface area contributed by atoms with Gasteiger partial charge in [-0.15, -0.1) is 5.92 Å². The van der Waals surface area contributed by atoms with Gasteiger partial charge in [0.2, 0.25) is 0 Å². The van der Waals surface area contributed by atoms with Crippen LogP contribution in [0.15, 0.2) is 0 Å². The number of carbonyl (C=O) groups excluding carboxylic acids is 2. The SMILES string of the molecule is CCCCN(CCCC)[C@H](O)COCCOC[C@H](O)C#CCCCCCCC[C@@H]1CC(CC(C)=O)C(=O)O1. The molecule has 220 valence electrons. The molecule has 1 heterocycles. The van der Waals surface area contributed by atoms with Crippen molar-refractivity contribution in [3.05, 3.63) is 0 Å². The Bertz CT molecular complexity index is 682. The predicted octanol–water partition coefficient (Wildman–Crippen LogP) is 4.25. The molecule has 2 N–H and O–H groups in total. The molecule has 1 aliphatic heterocycles. The summed E-state index contributed by atoms with van der Waals surface area (Å²) >= 11 is 0. The first-order chi connectivity index (χ1) is 18.4. The number of Topliss-reactive ketones (excluding diaryl/α,β-unsaturated/α-hetero) is 1. The fourth-order valence-electron chi connectivity index (χ4n) is 4.50. The van der Waals surface area contributed by atoms with E-state index in [9.17, 15) is 19.8 Å². The third-order valence-corrected chi connectivity index (χ3v) is 6.73. The number of esters is 1. The average molecular weight is 540 g/mol. The van der Waals surface area contributed by atoms with Gasteiger partial charge in [0.1, 0.15) is 24.2 Å². The van der Waals surface area contributed by atoms with Crippen LogP contribution in [-0.4, -0.2) is 84.8 Å². The first-order valence-electron chi connectivity index (χ1n) is 14.8. The third kappa shape index (κ3) is 17.2. The Morgan fingerprint density at radius 1 is 1.00 bits per heavy atom. The van der Waals surface area contributed by atoms with Crippen molar-refractivity contribution in [2.24, 2.45) is 5.92 Å². The van der Waals surface area contributed by atoms with Crippen molar-refractivity contribution in [2.75, 3.05) is 39.5 Å². The van der Waals surface area contributed by atoms with Crippen LogP contribution in [0.3, 0.4) is 0 Å². The maximum atomic E-state index is 11.8. The Morgan fingerprint density at radius 2 is 1.63 bits per heavy atom. The van der Waals surface area contributed by atoms with Crippen LogP contribution in [0.25, 0.3) is 0 Å². The highest BCUT2D eigenvalue weighted by atomic mass is 16.6. The quantitative estimate of drug-likeness (QED) is 0.0860. The molecule has 1 fully saturated rings. The normalized spacial score (nSPS) is 18.7. The molecule has 0 aliphatic carbocycles. The van der Waals surface area contributed by atoms with Crippen LogP contribution in [0.5, 0.6) is 0 Å². The minimum Gasteiger partial charge on any atom is -0.462 e. The van der Waals surface area contributed by atoms with Gasteiger partial charge < -0.3 is 29.2 Å². The molecule has 38 heavy (non-hydrogen) atoms. The molecule has 1 aliphatic rings. The molecular weight excluding hydrogens is 486 g/mol. The molecule has 1 saturated heterocycles. The number of aliphatic hydroxyl groups is 2.